The maximum absolute atomic E-state index is 12.0. The lowest BCUT2D eigenvalue weighted by Crippen LogP contribution is -2.54. The molecule has 1 saturated carbocycles. The van der Waals surface area contributed by atoms with Crippen LogP contribution in [0.4, 0.5) is 0 Å². The Kier molecular flexibility index (Phi) is 7.16. The standard InChI is InChI=1S/C18H34N6O3S/c1-19-18(20-13-15-5-7-24(8-6-15)28(2,26)27)23-11-9-22(10-12-23)14-17(25)21-16-3-4-16/h15-16H,3-14H2,1-2H3,(H,19,20)(H,21,25). The lowest BCUT2D eigenvalue weighted by molar-refractivity contribution is -0.122. The van der Waals surface area contributed by atoms with E-state index in [1.165, 1.54) is 6.26 Å². The number of guanidine groups is 1. The summed E-state index contributed by atoms with van der Waals surface area (Å²) in [5.74, 6) is 1.49. The molecule has 2 aliphatic heterocycles. The Balaban J connectivity index is 1.36. The van der Waals surface area contributed by atoms with E-state index in [9.17, 15) is 13.2 Å². The first-order valence-corrected chi connectivity index (χ1v) is 12.1. The average Bonchev–Trinajstić information content (AvgIpc) is 3.47. The van der Waals surface area contributed by atoms with Crippen molar-refractivity contribution < 1.29 is 13.2 Å². The minimum atomic E-state index is -3.07. The first-order chi connectivity index (χ1) is 13.3. The Bertz CT molecular complexity index is 663. The molecule has 0 aromatic heterocycles. The Morgan fingerprint density at radius 1 is 1.04 bits per heavy atom. The number of nitrogens with zero attached hydrogens (tertiary/aromatic N) is 4. The van der Waals surface area contributed by atoms with Gasteiger partial charge in [0, 0.05) is 58.9 Å². The molecule has 10 heteroatoms. The topological polar surface area (TPSA) is 97.3 Å². The third-order valence-electron chi connectivity index (χ3n) is 5.78. The highest BCUT2D eigenvalue weighted by Crippen LogP contribution is 2.19. The summed E-state index contributed by atoms with van der Waals surface area (Å²) in [5, 5.41) is 6.51. The van der Waals surface area contributed by atoms with Crippen LogP contribution in [0.2, 0.25) is 0 Å². The van der Waals surface area contributed by atoms with Gasteiger partial charge in [0.2, 0.25) is 15.9 Å². The normalized spacial score (nSPS) is 23.6. The summed E-state index contributed by atoms with van der Waals surface area (Å²) >= 11 is 0. The van der Waals surface area contributed by atoms with Crippen LogP contribution in [0, 0.1) is 5.92 Å². The number of carbonyl (C=O) groups is 1. The summed E-state index contributed by atoms with van der Waals surface area (Å²) in [6.45, 7) is 5.91. The molecule has 3 aliphatic rings. The van der Waals surface area contributed by atoms with Crippen molar-refractivity contribution in [3.63, 3.8) is 0 Å². The molecule has 0 atom stereocenters. The summed E-state index contributed by atoms with van der Waals surface area (Å²) in [5.41, 5.74) is 0. The van der Waals surface area contributed by atoms with E-state index in [2.05, 4.69) is 25.4 Å². The van der Waals surface area contributed by atoms with Gasteiger partial charge < -0.3 is 15.5 Å². The van der Waals surface area contributed by atoms with E-state index >= 15 is 0 Å². The molecule has 3 rings (SSSR count). The molecule has 160 valence electrons. The number of carbonyl (C=O) groups excluding carboxylic acids is 1. The quantitative estimate of drug-likeness (QED) is 0.433. The van der Waals surface area contributed by atoms with Gasteiger partial charge in [-0.15, -0.1) is 0 Å². The fourth-order valence-corrected chi connectivity index (χ4v) is 4.71. The number of piperidine rings is 1. The molecule has 2 saturated heterocycles. The summed E-state index contributed by atoms with van der Waals surface area (Å²) in [7, 11) is -1.28. The first kappa shape index (κ1) is 21.3. The van der Waals surface area contributed by atoms with Gasteiger partial charge >= 0.3 is 0 Å². The van der Waals surface area contributed by atoms with Crippen molar-refractivity contribution in [3.05, 3.63) is 0 Å². The van der Waals surface area contributed by atoms with Crippen LogP contribution < -0.4 is 10.6 Å². The molecule has 0 aromatic rings. The Morgan fingerprint density at radius 2 is 1.68 bits per heavy atom. The number of amides is 1. The smallest absolute Gasteiger partial charge is 0.234 e. The zero-order valence-electron chi connectivity index (χ0n) is 17.1. The van der Waals surface area contributed by atoms with Crippen LogP contribution in [0.25, 0.3) is 0 Å². The number of hydrogen-bond acceptors (Lipinski definition) is 5. The largest absolute Gasteiger partial charge is 0.356 e. The van der Waals surface area contributed by atoms with Crippen LogP contribution in [-0.4, -0.2) is 106 Å². The molecule has 0 aromatic carbocycles. The van der Waals surface area contributed by atoms with Crippen LogP contribution in [0.5, 0.6) is 0 Å². The summed E-state index contributed by atoms with van der Waals surface area (Å²) in [6.07, 6.45) is 5.27. The van der Waals surface area contributed by atoms with E-state index in [0.717, 1.165) is 64.4 Å². The number of aliphatic imine (C=N–C) groups is 1. The van der Waals surface area contributed by atoms with Gasteiger partial charge in [0.15, 0.2) is 5.96 Å². The van der Waals surface area contributed by atoms with Crippen molar-refractivity contribution in [2.75, 3.05) is 65.7 Å². The molecule has 0 radical (unpaired) electrons. The summed E-state index contributed by atoms with van der Waals surface area (Å²) < 4.78 is 24.8. The number of hydrogen-bond donors (Lipinski definition) is 2. The Labute approximate surface area is 168 Å². The van der Waals surface area contributed by atoms with Gasteiger partial charge in [-0.2, -0.15) is 0 Å². The highest BCUT2D eigenvalue weighted by molar-refractivity contribution is 7.88. The fourth-order valence-electron chi connectivity index (χ4n) is 3.83. The molecular weight excluding hydrogens is 380 g/mol. The van der Waals surface area contributed by atoms with Gasteiger partial charge in [-0.05, 0) is 31.6 Å². The molecule has 0 unspecified atom stereocenters. The van der Waals surface area contributed by atoms with Crippen molar-refractivity contribution in [1.82, 2.24) is 24.7 Å². The third-order valence-corrected chi connectivity index (χ3v) is 7.09. The number of rotatable bonds is 6. The first-order valence-electron chi connectivity index (χ1n) is 10.3. The van der Waals surface area contributed by atoms with Crippen molar-refractivity contribution in [2.45, 2.75) is 31.7 Å². The molecule has 0 spiro atoms. The van der Waals surface area contributed by atoms with Gasteiger partial charge in [0.05, 0.1) is 12.8 Å². The van der Waals surface area contributed by atoms with E-state index < -0.39 is 10.0 Å². The molecule has 2 heterocycles. The van der Waals surface area contributed by atoms with E-state index in [0.29, 0.717) is 31.6 Å². The predicted molar refractivity (Wildman–Crippen MR) is 110 cm³/mol. The fraction of sp³-hybridized carbons (Fsp3) is 0.889. The van der Waals surface area contributed by atoms with Gasteiger partial charge in [0.1, 0.15) is 0 Å². The van der Waals surface area contributed by atoms with Crippen molar-refractivity contribution in [2.24, 2.45) is 10.9 Å². The molecule has 0 bridgehead atoms. The Morgan fingerprint density at radius 3 is 2.21 bits per heavy atom. The van der Waals surface area contributed by atoms with E-state index in [-0.39, 0.29) is 5.91 Å². The molecule has 9 nitrogen and oxygen atoms in total. The van der Waals surface area contributed by atoms with E-state index in [1.807, 2.05) is 0 Å². The molecule has 1 amide bonds. The van der Waals surface area contributed by atoms with E-state index in [4.69, 9.17) is 0 Å². The number of nitrogens with one attached hydrogen (secondary N) is 2. The highest BCUT2D eigenvalue weighted by atomic mass is 32.2. The lowest BCUT2D eigenvalue weighted by atomic mass is 9.98. The second-order valence-corrected chi connectivity index (χ2v) is 10.1. The highest BCUT2D eigenvalue weighted by Gasteiger charge is 2.27. The molecule has 2 N–H and O–H groups in total. The van der Waals surface area contributed by atoms with Crippen LogP contribution >= 0.6 is 0 Å². The minimum Gasteiger partial charge on any atom is -0.356 e. The van der Waals surface area contributed by atoms with Gasteiger partial charge in [0.25, 0.3) is 0 Å². The Hall–Kier alpha value is -1.39. The SMILES string of the molecule is CN=C(NCC1CCN(S(C)(=O)=O)CC1)N1CCN(CC(=O)NC2CC2)CC1. The molecule has 3 fully saturated rings. The van der Waals surface area contributed by atoms with Crippen molar-refractivity contribution >= 4 is 21.9 Å². The second-order valence-electron chi connectivity index (χ2n) is 8.14. The van der Waals surface area contributed by atoms with Crippen LogP contribution in [0.1, 0.15) is 25.7 Å². The molecule has 1 aliphatic carbocycles. The third kappa shape index (κ3) is 6.31. The predicted octanol–water partition coefficient (Wildman–Crippen LogP) is -0.870. The van der Waals surface area contributed by atoms with Crippen molar-refractivity contribution in [1.29, 1.82) is 0 Å². The number of sulfonamides is 1. The van der Waals surface area contributed by atoms with Crippen LogP contribution in [0.15, 0.2) is 4.99 Å². The van der Waals surface area contributed by atoms with Gasteiger partial charge in [-0.1, -0.05) is 0 Å². The number of piperazine rings is 1. The maximum atomic E-state index is 12.0. The van der Waals surface area contributed by atoms with Gasteiger partial charge in [-0.3, -0.25) is 14.7 Å². The van der Waals surface area contributed by atoms with Crippen molar-refractivity contribution in [3.8, 4) is 0 Å². The maximum Gasteiger partial charge on any atom is 0.234 e. The summed E-state index contributed by atoms with van der Waals surface area (Å²) in [4.78, 5) is 20.8. The zero-order valence-corrected chi connectivity index (χ0v) is 17.9. The van der Waals surface area contributed by atoms with E-state index in [1.54, 1.807) is 11.4 Å². The summed E-state index contributed by atoms with van der Waals surface area (Å²) in [6, 6.07) is 0.418. The van der Waals surface area contributed by atoms with Crippen LogP contribution in [0.3, 0.4) is 0 Å². The molecule has 28 heavy (non-hydrogen) atoms. The zero-order chi connectivity index (χ0) is 20.1. The monoisotopic (exact) mass is 414 g/mol. The second kappa shape index (κ2) is 9.41. The van der Waals surface area contributed by atoms with Gasteiger partial charge in [-0.25, -0.2) is 12.7 Å². The molecular formula is C18H34N6O3S. The average molecular weight is 415 g/mol. The van der Waals surface area contributed by atoms with Crippen LogP contribution in [-0.2, 0) is 14.8 Å². The minimum absolute atomic E-state index is 0.138. The lowest BCUT2D eigenvalue weighted by Gasteiger charge is -2.37.